The molecule has 0 saturated carbocycles. The molecule has 0 aliphatic carbocycles. The van der Waals surface area contributed by atoms with Crippen molar-refractivity contribution in [1.82, 2.24) is 9.97 Å². The number of hydrogen-bond donors (Lipinski definition) is 2. The lowest BCUT2D eigenvalue weighted by atomic mass is 9.99. The number of pyridine rings is 2. The van der Waals surface area contributed by atoms with Crippen LogP contribution in [0.15, 0.2) is 97.6 Å². The summed E-state index contributed by atoms with van der Waals surface area (Å²) in [7, 11) is 0. The Labute approximate surface area is 337 Å². The molecule has 0 spiro atoms. The molecule has 0 aliphatic rings. The summed E-state index contributed by atoms with van der Waals surface area (Å²) < 4.78 is 6.21. The monoisotopic (exact) mass is 808 g/mol. The highest BCUT2D eigenvalue weighted by atomic mass is 79.9. The number of unbranched alkanes of at least 4 members (excludes halogenated alkanes) is 9. The van der Waals surface area contributed by atoms with Crippen LogP contribution >= 0.6 is 15.9 Å². The molecule has 7 nitrogen and oxygen atoms in total. The predicted molar refractivity (Wildman–Crippen MR) is 234 cm³/mol. The van der Waals surface area contributed by atoms with Crippen LogP contribution in [0.25, 0.3) is 21.5 Å². The van der Waals surface area contributed by atoms with Crippen LogP contribution in [0.2, 0.25) is 0 Å². The number of carbonyl (C=O) groups is 2. The molecule has 2 heterocycles. The highest BCUT2D eigenvalue weighted by Crippen LogP contribution is 2.27. The number of amides is 2. The van der Waals surface area contributed by atoms with E-state index in [1.54, 1.807) is 12.4 Å². The van der Waals surface area contributed by atoms with E-state index in [0.717, 1.165) is 70.8 Å². The van der Waals surface area contributed by atoms with E-state index in [4.69, 9.17) is 4.74 Å². The van der Waals surface area contributed by atoms with Crippen molar-refractivity contribution in [2.45, 2.75) is 134 Å². The van der Waals surface area contributed by atoms with Gasteiger partial charge in [-0.15, -0.1) is 0 Å². The SMILES string of the molecule is CCCCCCCC(Oc1ccc(C(C)CC)cc1)C(=O)Nc1cccc2cnccc12.CCCCCCCCC(Br)C(=O)Nc1cccc2cnccc12. The third-order valence-electron chi connectivity index (χ3n) is 10.2. The minimum absolute atomic E-state index is 0.0304. The smallest absolute Gasteiger partial charge is 0.265 e. The van der Waals surface area contributed by atoms with Crippen LogP contribution in [0.3, 0.4) is 0 Å². The van der Waals surface area contributed by atoms with E-state index < -0.39 is 6.10 Å². The van der Waals surface area contributed by atoms with Gasteiger partial charge >= 0.3 is 0 Å². The number of aromatic nitrogens is 2. The van der Waals surface area contributed by atoms with Crippen molar-refractivity contribution in [3.8, 4) is 5.75 Å². The highest BCUT2D eigenvalue weighted by Gasteiger charge is 2.21. The van der Waals surface area contributed by atoms with E-state index in [1.165, 1.54) is 56.9 Å². The lowest BCUT2D eigenvalue weighted by Crippen LogP contribution is -2.33. The van der Waals surface area contributed by atoms with Gasteiger partial charge in [-0.2, -0.15) is 0 Å². The number of fused-ring (bicyclic) bond motifs is 2. The van der Waals surface area contributed by atoms with E-state index in [2.05, 4.69) is 76.4 Å². The first kappa shape index (κ1) is 43.4. The number of ether oxygens (including phenoxy) is 1. The number of anilines is 2. The number of nitrogens with one attached hydrogen (secondary N) is 2. The summed E-state index contributed by atoms with van der Waals surface area (Å²) >= 11 is 3.52. The van der Waals surface area contributed by atoms with Crippen molar-refractivity contribution in [3.63, 3.8) is 0 Å². The Morgan fingerprint density at radius 3 is 1.69 bits per heavy atom. The van der Waals surface area contributed by atoms with Crippen LogP contribution in [-0.4, -0.2) is 32.7 Å². The number of alkyl halides is 1. The maximum absolute atomic E-state index is 13.3. The van der Waals surface area contributed by atoms with Crippen molar-refractivity contribution < 1.29 is 14.3 Å². The summed E-state index contributed by atoms with van der Waals surface area (Å²) in [5, 5.41) is 10.2. The fourth-order valence-electron chi connectivity index (χ4n) is 6.57. The number of halogens is 1. The molecule has 294 valence electrons. The molecular formula is C47H61BrN4O3. The lowest BCUT2D eigenvalue weighted by molar-refractivity contribution is -0.123. The fourth-order valence-corrected chi connectivity index (χ4v) is 7.01. The number of benzene rings is 3. The maximum atomic E-state index is 13.3. The third-order valence-corrected chi connectivity index (χ3v) is 11.0. The standard InChI is InChI=1S/C28H36N2O2.C19H25BrN2O/c1-4-6-7-8-9-13-27(32-24-16-14-22(15-17-24)21(3)5-2)28(31)30-26-12-10-11-23-20-29-19-18-25(23)26;1-2-3-4-5-6-7-10-17(20)19(23)22-18-11-8-9-15-14-21-13-12-16(15)18/h10-12,14-21,27H,4-9,13H2,1-3H3,(H,30,31);8-9,11-14,17H,2-7,10H2,1H3,(H,22,23). The van der Waals surface area contributed by atoms with Gasteiger partial charge in [0.15, 0.2) is 6.10 Å². The van der Waals surface area contributed by atoms with Crippen molar-refractivity contribution in [3.05, 3.63) is 103 Å². The zero-order valence-corrected chi connectivity index (χ0v) is 35.0. The first-order valence-corrected chi connectivity index (χ1v) is 21.4. The van der Waals surface area contributed by atoms with Crippen molar-refractivity contribution in [2.75, 3.05) is 10.6 Å². The summed E-state index contributed by atoms with van der Waals surface area (Å²) in [4.78, 5) is 33.8. The molecule has 3 unspecified atom stereocenters. The zero-order chi connectivity index (χ0) is 39.3. The minimum atomic E-state index is -0.525. The molecule has 0 aliphatic heterocycles. The van der Waals surface area contributed by atoms with Gasteiger partial charge in [-0.3, -0.25) is 19.6 Å². The summed E-state index contributed by atoms with van der Waals surface area (Å²) in [6, 6.07) is 23.8. The van der Waals surface area contributed by atoms with Gasteiger partial charge in [-0.1, -0.05) is 144 Å². The van der Waals surface area contributed by atoms with Crippen molar-refractivity contribution in [1.29, 1.82) is 0 Å². The van der Waals surface area contributed by atoms with Crippen LogP contribution in [0.5, 0.6) is 5.75 Å². The molecule has 3 atom stereocenters. The second kappa shape index (κ2) is 24.3. The van der Waals surface area contributed by atoms with Gasteiger partial charge in [0.1, 0.15) is 5.75 Å². The summed E-state index contributed by atoms with van der Waals surface area (Å²) in [6.45, 7) is 8.85. The maximum Gasteiger partial charge on any atom is 0.265 e. The number of nitrogens with zero attached hydrogens (tertiary/aromatic N) is 2. The van der Waals surface area contributed by atoms with Gasteiger partial charge in [-0.25, -0.2) is 0 Å². The summed E-state index contributed by atoms with van der Waals surface area (Å²) in [6.07, 6.45) is 22.5. The molecule has 0 radical (unpaired) electrons. The van der Waals surface area contributed by atoms with Crippen LogP contribution in [0.4, 0.5) is 11.4 Å². The molecule has 2 aromatic heterocycles. The molecule has 3 aromatic carbocycles. The van der Waals surface area contributed by atoms with Crippen molar-refractivity contribution in [2.24, 2.45) is 0 Å². The van der Waals surface area contributed by atoms with Gasteiger partial charge in [-0.05, 0) is 73.6 Å². The molecule has 0 bridgehead atoms. The zero-order valence-electron chi connectivity index (χ0n) is 33.4. The van der Waals surface area contributed by atoms with Crippen LogP contribution in [-0.2, 0) is 9.59 Å². The Balaban J connectivity index is 0.000000258. The Bertz CT molecular complexity index is 1870. The number of rotatable bonds is 21. The van der Waals surface area contributed by atoms with Gasteiger partial charge in [0.05, 0.1) is 4.83 Å². The first-order valence-electron chi connectivity index (χ1n) is 20.5. The normalized spacial score (nSPS) is 12.7. The Morgan fingerprint density at radius 2 is 1.15 bits per heavy atom. The molecule has 8 heteroatoms. The van der Waals surface area contributed by atoms with Crippen molar-refractivity contribution >= 4 is 60.7 Å². The predicted octanol–water partition coefficient (Wildman–Crippen LogP) is 13.2. The molecule has 5 aromatic rings. The Morgan fingerprint density at radius 1 is 0.636 bits per heavy atom. The topological polar surface area (TPSA) is 93.2 Å². The van der Waals surface area contributed by atoms with E-state index in [-0.39, 0.29) is 16.6 Å². The minimum Gasteiger partial charge on any atom is -0.481 e. The first-order chi connectivity index (χ1) is 26.8. The average Bonchev–Trinajstić information content (AvgIpc) is 3.22. The van der Waals surface area contributed by atoms with Gasteiger partial charge < -0.3 is 15.4 Å². The quantitative estimate of drug-likeness (QED) is 0.0569. The molecule has 5 rings (SSSR count). The third kappa shape index (κ3) is 14.4. The van der Waals surface area contributed by atoms with Crippen LogP contribution in [0, 0.1) is 0 Å². The molecular weight excluding hydrogens is 748 g/mol. The van der Waals surface area contributed by atoms with E-state index in [9.17, 15) is 9.59 Å². The van der Waals surface area contributed by atoms with Gasteiger partial charge in [0.25, 0.3) is 5.91 Å². The molecule has 0 fully saturated rings. The average molecular weight is 810 g/mol. The van der Waals surface area contributed by atoms with E-state index in [0.29, 0.717) is 12.3 Å². The van der Waals surface area contributed by atoms with Crippen LogP contribution < -0.4 is 15.4 Å². The second-order valence-corrected chi connectivity index (χ2v) is 15.6. The Hall–Kier alpha value is -4.30. The number of hydrogen-bond acceptors (Lipinski definition) is 5. The highest BCUT2D eigenvalue weighted by molar-refractivity contribution is 9.10. The van der Waals surface area contributed by atoms with Gasteiger partial charge in [0.2, 0.25) is 5.91 Å². The van der Waals surface area contributed by atoms with E-state index in [1.807, 2.05) is 73.1 Å². The molecule has 55 heavy (non-hydrogen) atoms. The second-order valence-electron chi connectivity index (χ2n) is 14.5. The fraction of sp³-hybridized carbons (Fsp3) is 0.447. The lowest BCUT2D eigenvalue weighted by Gasteiger charge is -2.20. The summed E-state index contributed by atoms with van der Waals surface area (Å²) in [5.41, 5.74) is 2.94. The van der Waals surface area contributed by atoms with Gasteiger partial charge in [0, 0.05) is 57.7 Å². The molecule has 0 saturated heterocycles. The Kier molecular flexibility index (Phi) is 19.2. The van der Waals surface area contributed by atoms with Crippen LogP contribution in [0.1, 0.15) is 129 Å². The number of carbonyl (C=O) groups excluding carboxylic acids is 2. The largest absolute Gasteiger partial charge is 0.481 e. The summed E-state index contributed by atoms with van der Waals surface area (Å²) in [5.74, 6) is 1.19. The van der Waals surface area contributed by atoms with E-state index >= 15 is 0 Å². The molecule has 2 amide bonds. The molecule has 2 N–H and O–H groups in total.